The molecule has 1 fully saturated rings. The van der Waals surface area contributed by atoms with Crippen LogP contribution in [-0.4, -0.2) is 69.5 Å². The van der Waals surface area contributed by atoms with Gasteiger partial charge in [-0.3, -0.25) is 0 Å². The SMILES string of the molecule is CCNC(=NCc1cccnc1OCCOC)N1CCC(COC)C1. The summed E-state index contributed by atoms with van der Waals surface area (Å²) in [6.07, 6.45) is 2.87. The van der Waals surface area contributed by atoms with Crippen LogP contribution in [-0.2, 0) is 16.0 Å². The molecule has 0 bridgehead atoms. The van der Waals surface area contributed by atoms with Gasteiger partial charge in [0.15, 0.2) is 5.96 Å². The zero-order chi connectivity index (χ0) is 17.9. The first kappa shape index (κ1) is 19.5. The van der Waals surface area contributed by atoms with Crippen LogP contribution in [0.15, 0.2) is 23.3 Å². The van der Waals surface area contributed by atoms with Crippen molar-refractivity contribution >= 4 is 5.96 Å². The van der Waals surface area contributed by atoms with Gasteiger partial charge in [-0.25, -0.2) is 9.98 Å². The number of nitrogens with one attached hydrogen (secondary N) is 1. The second kappa shape index (κ2) is 10.9. The van der Waals surface area contributed by atoms with Gasteiger partial charge in [0, 0.05) is 51.5 Å². The molecule has 0 aliphatic carbocycles. The molecule has 1 aromatic rings. The number of hydrogen-bond donors (Lipinski definition) is 1. The number of methoxy groups -OCH3 is 2. The van der Waals surface area contributed by atoms with E-state index in [1.165, 1.54) is 0 Å². The second-order valence-corrected chi connectivity index (χ2v) is 6.04. The standard InChI is InChI=1S/C18H30N4O3/c1-4-19-18(22-9-7-15(13-22)14-24-3)21-12-16-6-5-8-20-17(16)25-11-10-23-2/h5-6,8,15H,4,7,9-14H2,1-3H3,(H,19,21). The Labute approximate surface area is 150 Å². The maximum absolute atomic E-state index is 5.69. The van der Waals surface area contributed by atoms with Gasteiger partial charge in [0.05, 0.1) is 19.8 Å². The average molecular weight is 350 g/mol. The fourth-order valence-electron chi connectivity index (χ4n) is 2.88. The number of guanidine groups is 1. The van der Waals surface area contributed by atoms with Crippen LogP contribution in [0.4, 0.5) is 0 Å². The van der Waals surface area contributed by atoms with E-state index in [1.807, 2.05) is 12.1 Å². The molecule has 1 saturated heterocycles. The molecule has 0 saturated carbocycles. The van der Waals surface area contributed by atoms with Gasteiger partial charge in [0.25, 0.3) is 0 Å². The Morgan fingerprint density at radius 3 is 3.00 bits per heavy atom. The number of hydrogen-bond acceptors (Lipinski definition) is 5. The zero-order valence-corrected chi connectivity index (χ0v) is 15.5. The fraction of sp³-hybridized carbons (Fsp3) is 0.667. The van der Waals surface area contributed by atoms with Crippen molar-refractivity contribution < 1.29 is 14.2 Å². The molecule has 1 unspecified atom stereocenters. The molecule has 1 atom stereocenters. The van der Waals surface area contributed by atoms with Gasteiger partial charge < -0.3 is 24.4 Å². The minimum absolute atomic E-state index is 0.481. The van der Waals surface area contributed by atoms with E-state index in [0.717, 1.165) is 44.2 Å². The van der Waals surface area contributed by atoms with Crippen molar-refractivity contribution in [3.63, 3.8) is 0 Å². The van der Waals surface area contributed by atoms with Crippen molar-refractivity contribution in [2.24, 2.45) is 10.9 Å². The molecule has 2 heterocycles. The molecule has 2 rings (SSSR count). The zero-order valence-electron chi connectivity index (χ0n) is 15.5. The Hall–Kier alpha value is -1.86. The summed E-state index contributed by atoms with van der Waals surface area (Å²) in [5, 5.41) is 3.38. The predicted molar refractivity (Wildman–Crippen MR) is 98.0 cm³/mol. The molecule has 7 heteroatoms. The van der Waals surface area contributed by atoms with Crippen LogP contribution in [0.5, 0.6) is 5.88 Å². The molecule has 1 aliphatic heterocycles. The smallest absolute Gasteiger partial charge is 0.218 e. The maximum atomic E-state index is 5.69. The molecule has 0 amide bonds. The van der Waals surface area contributed by atoms with Crippen molar-refractivity contribution in [2.45, 2.75) is 19.9 Å². The van der Waals surface area contributed by atoms with Crippen molar-refractivity contribution in [3.05, 3.63) is 23.9 Å². The molecular formula is C18H30N4O3. The summed E-state index contributed by atoms with van der Waals surface area (Å²) in [5.41, 5.74) is 0.974. The summed E-state index contributed by atoms with van der Waals surface area (Å²) < 4.78 is 16.0. The number of pyridine rings is 1. The van der Waals surface area contributed by atoms with E-state index >= 15 is 0 Å². The highest BCUT2D eigenvalue weighted by molar-refractivity contribution is 5.80. The lowest BCUT2D eigenvalue weighted by atomic mass is 10.1. The molecule has 1 aromatic heterocycles. The number of ether oxygens (including phenoxy) is 3. The van der Waals surface area contributed by atoms with Crippen molar-refractivity contribution in [1.82, 2.24) is 15.2 Å². The van der Waals surface area contributed by atoms with Gasteiger partial charge in [-0.05, 0) is 19.4 Å². The van der Waals surface area contributed by atoms with E-state index in [2.05, 4.69) is 22.1 Å². The van der Waals surface area contributed by atoms with E-state index in [-0.39, 0.29) is 0 Å². The third kappa shape index (κ3) is 6.17. The highest BCUT2D eigenvalue weighted by Crippen LogP contribution is 2.18. The van der Waals surface area contributed by atoms with Gasteiger partial charge >= 0.3 is 0 Å². The first-order valence-corrected chi connectivity index (χ1v) is 8.86. The summed E-state index contributed by atoms with van der Waals surface area (Å²) in [7, 11) is 3.41. The van der Waals surface area contributed by atoms with Gasteiger partial charge in [0.1, 0.15) is 6.61 Å². The summed E-state index contributed by atoms with van der Waals surface area (Å²) in [4.78, 5) is 11.4. The minimum Gasteiger partial charge on any atom is -0.475 e. The van der Waals surface area contributed by atoms with Crippen molar-refractivity contribution in [2.75, 3.05) is 53.7 Å². The monoisotopic (exact) mass is 350 g/mol. The van der Waals surface area contributed by atoms with Crippen LogP contribution >= 0.6 is 0 Å². The van der Waals surface area contributed by atoms with E-state index < -0.39 is 0 Å². The molecule has 7 nitrogen and oxygen atoms in total. The Morgan fingerprint density at radius 1 is 1.36 bits per heavy atom. The van der Waals surface area contributed by atoms with E-state index in [4.69, 9.17) is 19.2 Å². The lowest BCUT2D eigenvalue weighted by Crippen LogP contribution is -2.40. The quantitative estimate of drug-likeness (QED) is 0.414. The van der Waals surface area contributed by atoms with Gasteiger partial charge in [-0.1, -0.05) is 6.07 Å². The van der Waals surface area contributed by atoms with Gasteiger partial charge in [-0.2, -0.15) is 0 Å². The molecule has 0 radical (unpaired) electrons. The van der Waals surface area contributed by atoms with Crippen LogP contribution in [0, 0.1) is 5.92 Å². The molecule has 1 N–H and O–H groups in total. The van der Waals surface area contributed by atoms with E-state index in [1.54, 1.807) is 20.4 Å². The van der Waals surface area contributed by atoms with Crippen LogP contribution < -0.4 is 10.1 Å². The number of aliphatic imine (C=N–C) groups is 1. The normalized spacial score (nSPS) is 17.8. The molecule has 25 heavy (non-hydrogen) atoms. The first-order valence-electron chi connectivity index (χ1n) is 8.86. The Balaban J connectivity index is 2.01. The lowest BCUT2D eigenvalue weighted by molar-refractivity contribution is 0.143. The molecule has 1 aliphatic rings. The molecule has 140 valence electrons. The lowest BCUT2D eigenvalue weighted by Gasteiger charge is -2.21. The van der Waals surface area contributed by atoms with Gasteiger partial charge in [-0.15, -0.1) is 0 Å². The Bertz CT molecular complexity index is 539. The largest absolute Gasteiger partial charge is 0.475 e. The highest BCUT2D eigenvalue weighted by atomic mass is 16.5. The summed E-state index contributed by atoms with van der Waals surface area (Å²) in [6.45, 7) is 7.26. The van der Waals surface area contributed by atoms with Crippen molar-refractivity contribution in [3.8, 4) is 5.88 Å². The summed E-state index contributed by atoms with van der Waals surface area (Å²) in [6, 6.07) is 3.91. The number of rotatable bonds is 9. The highest BCUT2D eigenvalue weighted by Gasteiger charge is 2.24. The first-order chi connectivity index (χ1) is 12.3. The van der Waals surface area contributed by atoms with Crippen LogP contribution in [0.25, 0.3) is 0 Å². The van der Waals surface area contributed by atoms with Crippen LogP contribution in [0.1, 0.15) is 18.9 Å². The van der Waals surface area contributed by atoms with Crippen LogP contribution in [0.2, 0.25) is 0 Å². The maximum Gasteiger partial charge on any atom is 0.218 e. The third-order valence-electron chi connectivity index (χ3n) is 4.10. The molecule has 0 spiro atoms. The predicted octanol–water partition coefficient (Wildman–Crippen LogP) is 1.54. The third-order valence-corrected chi connectivity index (χ3v) is 4.10. The Morgan fingerprint density at radius 2 is 2.24 bits per heavy atom. The van der Waals surface area contributed by atoms with Crippen LogP contribution in [0.3, 0.4) is 0 Å². The average Bonchev–Trinajstić information content (AvgIpc) is 3.09. The second-order valence-electron chi connectivity index (χ2n) is 6.04. The van der Waals surface area contributed by atoms with Gasteiger partial charge in [0.2, 0.25) is 5.88 Å². The summed E-state index contributed by atoms with van der Waals surface area (Å²) >= 11 is 0. The molecule has 0 aromatic carbocycles. The number of nitrogens with zero attached hydrogens (tertiary/aromatic N) is 3. The Kier molecular flexibility index (Phi) is 8.48. The van der Waals surface area contributed by atoms with Crippen molar-refractivity contribution in [1.29, 1.82) is 0 Å². The fourth-order valence-corrected chi connectivity index (χ4v) is 2.88. The molecular weight excluding hydrogens is 320 g/mol. The minimum atomic E-state index is 0.481. The van der Waals surface area contributed by atoms with E-state index in [9.17, 15) is 0 Å². The van der Waals surface area contributed by atoms with E-state index in [0.29, 0.717) is 31.6 Å². The number of likely N-dealkylation sites (tertiary alicyclic amines) is 1. The summed E-state index contributed by atoms with van der Waals surface area (Å²) in [5.74, 6) is 2.13. The number of aromatic nitrogens is 1. The topological polar surface area (TPSA) is 68.2 Å².